The number of halogens is 1. The zero-order valence-electron chi connectivity index (χ0n) is 10.0. The van der Waals surface area contributed by atoms with E-state index >= 15 is 0 Å². The third-order valence-corrected chi connectivity index (χ3v) is 3.47. The van der Waals surface area contributed by atoms with Crippen molar-refractivity contribution in [1.82, 2.24) is 15.3 Å². The van der Waals surface area contributed by atoms with Crippen LogP contribution < -0.4 is 5.32 Å². The number of aryl methyl sites for hydroxylation is 1. The third kappa shape index (κ3) is 2.96. The van der Waals surface area contributed by atoms with Crippen LogP contribution in [0.1, 0.15) is 22.8 Å². The van der Waals surface area contributed by atoms with E-state index in [-0.39, 0.29) is 0 Å². The minimum atomic E-state index is 0.775. The quantitative estimate of drug-likeness (QED) is 0.910. The Hall–Kier alpha value is -1.13. The van der Waals surface area contributed by atoms with Crippen LogP contribution in [0.4, 0.5) is 0 Å². The third-order valence-electron chi connectivity index (χ3n) is 2.69. The normalized spacial score (nSPS) is 10.8. The lowest BCUT2D eigenvalue weighted by atomic mass is 10.1. The summed E-state index contributed by atoms with van der Waals surface area (Å²) in [6.07, 6.45) is 0.855. The van der Waals surface area contributed by atoms with Crippen LogP contribution >= 0.6 is 15.9 Å². The van der Waals surface area contributed by atoms with Crippen LogP contribution in [0.25, 0.3) is 0 Å². The second-order valence-electron chi connectivity index (χ2n) is 4.05. The van der Waals surface area contributed by atoms with E-state index in [1.165, 1.54) is 5.56 Å². The van der Waals surface area contributed by atoms with Crippen LogP contribution in [0.2, 0.25) is 0 Å². The van der Waals surface area contributed by atoms with Crippen molar-refractivity contribution in [3.8, 4) is 0 Å². The predicted octanol–water partition coefficient (Wildman–Crippen LogP) is 2.79. The van der Waals surface area contributed by atoms with Crippen molar-refractivity contribution in [2.24, 2.45) is 0 Å². The van der Waals surface area contributed by atoms with Crippen molar-refractivity contribution in [3.05, 3.63) is 51.5 Å². The van der Waals surface area contributed by atoms with Crippen molar-refractivity contribution in [2.45, 2.75) is 19.9 Å². The molecule has 17 heavy (non-hydrogen) atoms. The molecule has 0 aliphatic rings. The van der Waals surface area contributed by atoms with Crippen LogP contribution in [0.15, 0.2) is 28.7 Å². The molecule has 0 saturated carbocycles. The largest absolute Gasteiger partial charge is 0.345 e. The zero-order chi connectivity index (χ0) is 12.3. The van der Waals surface area contributed by atoms with Gasteiger partial charge in [0.15, 0.2) is 0 Å². The van der Waals surface area contributed by atoms with Crippen molar-refractivity contribution in [1.29, 1.82) is 0 Å². The molecule has 1 aromatic carbocycles. The number of aromatic nitrogens is 2. The summed E-state index contributed by atoms with van der Waals surface area (Å²) in [6, 6.07) is 8.26. The van der Waals surface area contributed by atoms with Gasteiger partial charge < -0.3 is 10.3 Å². The fourth-order valence-electron chi connectivity index (χ4n) is 1.81. The van der Waals surface area contributed by atoms with Gasteiger partial charge in [-0.1, -0.05) is 34.1 Å². The summed E-state index contributed by atoms with van der Waals surface area (Å²) in [5, 5.41) is 3.10. The average Bonchev–Trinajstić information content (AvgIpc) is 2.63. The van der Waals surface area contributed by atoms with Crippen molar-refractivity contribution in [3.63, 3.8) is 0 Å². The Morgan fingerprint density at radius 3 is 2.82 bits per heavy atom. The number of H-pyrrole nitrogens is 1. The number of hydrogen-bond acceptors (Lipinski definition) is 2. The molecular formula is C13H16BrN3. The fraction of sp³-hybridized carbons (Fsp3) is 0.308. The summed E-state index contributed by atoms with van der Waals surface area (Å²) >= 11 is 3.57. The van der Waals surface area contributed by atoms with Crippen molar-refractivity contribution >= 4 is 15.9 Å². The number of nitrogens with zero attached hydrogens (tertiary/aromatic N) is 1. The monoisotopic (exact) mass is 293 g/mol. The first-order valence-corrected chi connectivity index (χ1v) is 6.42. The number of imidazole rings is 1. The van der Waals surface area contributed by atoms with Gasteiger partial charge in [-0.2, -0.15) is 0 Å². The maximum Gasteiger partial charge on any atom is 0.120 e. The van der Waals surface area contributed by atoms with E-state index in [0.29, 0.717) is 0 Å². The van der Waals surface area contributed by atoms with E-state index in [4.69, 9.17) is 0 Å². The summed E-state index contributed by atoms with van der Waals surface area (Å²) < 4.78 is 1.14. The molecule has 4 heteroatoms. The molecule has 0 fully saturated rings. The second-order valence-corrected chi connectivity index (χ2v) is 4.91. The first kappa shape index (κ1) is 12.3. The molecule has 0 bridgehead atoms. The van der Waals surface area contributed by atoms with E-state index in [1.54, 1.807) is 0 Å². The van der Waals surface area contributed by atoms with Crippen LogP contribution in [0, 0.1) is 6.92 Å². The molecule has 0 spiro atoms. The first-order valence-electron chi connectivity index (χ1n) is 5.63. The molecule has 90 valence electrons. The van der Waals surface area contributed by atoms with Crippen LogP contribution in [0.3, 0.4) is 0 Å². The van der Waals surface area contributed by atoms with E-state index in [9.17, 15) is 0 Å². The van der Waals surface area contributed by atoms with E-state index < -0.39 is 0 Å². The molecule has 0 atom stereocenters. The highest BCUT2D eigenvalue weighted by atomic mass is 79.9. The Morgan fingerprint density at radius 1 is 1.35 bits per heavy atom. The average molecular weight is 294 g/mol. The fourth-order valence-corrected chi connectivity index (χ4v) is 2.23. The molecule has 2 N–H and O–H groups in total. The van der Waals surface area contributed by atoms with Gasteiger partial charge in [-0.05, 0) is 25.6 Å². The predicted molar refractivity (Wildman–Crippen MR) is 73.0 cm³/mol. The molecule has 2 aromatic rings. The molecular weight excluding hydrogens is 278 g/mol. The maximum atomic E-state index is 4.60. The molecule has 1 aromatic heterocycles. The first-order chi connectivity index (χ1) is 8.20. The molecule has 2 rings (SSSR count). The van der Waals surface area contributed by atoms with Crippen molar-refractivity contribution in [2.75, 3.05) is 7.05 Å². The number of hydrogen-bond donors (Lipinski definition) is 2. The lowest BCUT2D eigenvalue weighted by Gasteiger charge is -2.02. The van der Waals surface area contributed by atoms with E-state index in [1.807, 2.05) is 13.1 Å². The topological polar surface area (TPSA) is 40.7 Å². The molecule has 0 aliphatic heterocycles. The Labute approximate surface area is 110 Å². The van der Waals surface area contributed by atoms with Gasteiger partial charge in [0, 0.05) is 16.6 Å². The number of benzene rings is 1. The Morgan fingerprint density at radius 2 is 2.12 bits per heavy atom. The van der Waals surface area contributed by atoms with Crippen molar-refractivity contribution < 1.29 is 0 Å². The minimum absolute atomic E-state index is 0.775. The molecule has 0 saturated heterocycles. The summed E-state index contributed by atoms with van der Waals surface area (Å²) in [5.41, 5.74) is 3.52. The van der Waals surface area contributed by atoms with Gasteiger partial charge in [0.2, 0.25) is 0 Å². The van der Waals surface area contributed by atoms with Crippen LogP contribution in [-0.4, -0.2) is 17.0 Å². The van der Waals surface area contributed by atoms with Crippen LogP contribution in [0.5, 0.6) is 0 Å². The van der Waals surface area contributed by atoms with Gasteiger partial charge in [0.25, 0.3) is 0 Å². The summed E-state index contributed by atoms with van der Waals surface area (Å²) in [7, 11) is 1.92. The van der Waals surface area contributed by atoms with Gasteiger partial charge in [-0.25, -0.2) is 4.98 Å². The van der Waals surface area contributed by atoms with E-state index in [2.05, 4.69) is 56.3 Å². The lowest BCUT2D eigenvalue weighted by molar-refractivity contribution is 0.768. The molecule has 0 radical (unpaired) electrons. The second kappa shape index (κ2) is 5.47. The standard InChI is InChI=1S/C13H16BrN3/c1-9-12(17-13(16-9)8-15-2)7-10-5-3-4-6-11(10)14/h3-6,15H,7-8H2,1-2H3,(H,16,17). The Balaban J connectivity index is 2.21. The summed E-state index contributed by atoms with van der Waals surface area (Å²) in [5.74, 6) is 0.993. The SMILES string of the molecule is CNCc1nc(Cc2ccccc2Br)c(C)[nH]1. The minimum Gasteiger partial charge on any atom is -0.345 e. The van der Waals surface area contributed by atoms with Gasteiger partial charge >= 0.3 is 0 Å². The molecule has 3 nitrogen and oxygen atoms in total. The summed E-state index contributed by atoms with van der Waals surface area (Å²) in [6.45, 7) is 2.84. The Kier molecular flexibility index (Phi) is 3.97. The number of nitrogens with one attached hydrogen (secondary N) is 2. The van der Waals surface area contributed by atoms with Gasteiger partial charge in [-0.3, -0.25) is 0 Å². The number of rotatable bonds is 4. The zero-order valence-corrected chi connectivity index (χ0v) is 11.6. The molecule has 0 aliphatic carbocycles. The van der Waals surface area contributed by atoms with E-state index in [0.717, 1.165) is 34.7 Å². The highest BCUT2D eigenvalue weighted by Gasteiger charge is 2.08. The van der Waals surface area contributed by atoms with Crippen LogP contribution in [-0.2, 0) is 13.0 Å². The highest BCUT2D eigenvalue weighted by Crippen LogP contribution is 2.20. The van der Waals surface area contributed by atoms with Gasteiger partial charge in [-0.15, -0.1) is 0 Å². The highest BCUT2D eigenvalue weighted by molar-refractivity contribution is 9.10. The summed E-state index contributed by atoms with van der Waals surface area (Å²) in [4.78, 5) is 7.89. The number of aromatic amines is 1. The van der Waals surface area contributed by atoms with Gasteiger partial charge in [0.05, 0.1) is 12.2 Å². The maximum absolute atomic E-state index is 4.60. The molecule has 1 heterocycles. The molecule has 0 amide bonds. The molecule has 0 unspecified atom stereocenters. The smallest absolute Gasteiger partial charge is 0.120 e. The lowest BCUT2D eigenvalue weighted by Crippen LogP contribution is -2.06. The van der Waals surface area contributed by atoms with Gasteiger partial charge in [0.1, 0.15) is 5.82 Å². The Bertz CT molecular complexity index is 505.